The Hall–Kier alpha value is -1.44. The molecule has 1 aromatic carbocycles. The zero-order chi connectivity index (χ0) is 17.7. The molecule has 0 spiro atoms. The minimum Gasteiger partial charge on any atom is -0.353 e. The van der Waals surface area contributed by atoms with Gasteiger partial charge in [-0.25, -0.2) is 8.42 Å². The highest BCUT2D eigenvalue weighted by molar-refractivity contribution is 7.92. The molecule has 1 unspecified atom stereocenters. The van der Waals surface area contributed by atoms with E-state index < -0.39 is 15.6 Å². The van der Waals surface area contributed by atoms with Crippen molar-refractivity contribution in [3.63, 3.8) is 0 Å². The molecule has 0 aliphatic carbocycles. The maximum Gasteiger partial charge on any atom is 0.238 e. The Morgan fingerprint density at radius 3 is 2.68 bits per heavy atom. The smallest absolute Gasteiger partial charge is 0.238 e. The van der Waals surface area contributed by atoms with E-state index in [1.165, 1.54) is 12.1 Å². The van der Waals surface area contributed by atoms with E-state index in [9.17, 15) is 13.2 Å². The molecule has 2 aliphatic heterocycles. The van der Waals surface area contributed by atoms with E-state index in [1.54, 1.807) is 23.1 Å². The molecule has 0 aromatic heterocycles. The van der Waals surface area contributed by atoms with E-state index in [4.69, 9.17) is 9.47 Å². The molecule has 2 aliphatic rings. The molecule has 25 heavy (non-hydrogen) atoms. The lowest BCUT2D eigenvalue weighted by atomic mass is 10.2. The van der Waals surface area contributed by atoms with Gasteiger partial charge in [-0.2, -0.15) is 0 Å². The lowest BCUT2D eigenvalue weighted by molar-refractivity contribution is -0.171. The number of hydrogen-bond acceptors (Lipinski definition) is 5. The van der Waals surface area contributed by atoms with Gasteiger partial charge in [0.2, 0.25) is 5.91 Å². The highest BCUT2D eigenvalue weighted by Crippen LogP contribution is 2.22. The van der Waals surface area contributed by atoms with Crippen LogP contribution in [0.5, 0.6) is 0 Å². The molecule has 1 aromatic rings. The normalized spacial score (nSPS) is 24.4. The summed E-state index contributed by atoms with van der Waals surface area (Å²) in [6.45, 7) is 1.71. The number of hydrogen-bond donors (Lipinski definition) is 0. The minimum absolute atomic E-state index is 0.0657. The molecule has 138 valence electrons. The molecule has 0 N–H and O–H groups in total. The summed E-state index contributed by atoms with van der Waals surface area (Å²) in [7, 11) is -3.61. The summed E-state index contributed by atoms with van der Waals surface area (Å²) < 4.78 is 36.2. The highest BCUT2D eigenvalue weighted by atomic mass is 32.2. The Morgan fingerprint density at radius 1 is 1.16 bits per heavy atom. The maximum atomic E-state index is 12.6. The molecule has 2 heterocycles. The van der Waals surface area contributed by atoms with Crippen LogP contribution in [0.3, 0.4) is 0 Å². The molecule has 3 rings (SSSR count). The fourth-order valence-electron chi connectivity index (χ4n) is 3.35. The summed E-state index contributed by atoms with van der Waals surface area (Å²) in [4.78, 5) is 14.4. The van der Waals surface area contributed by atoms with E-state index in [2.05, 4.69) is 0 Å². The van der Waals surface area contributed by atoms with Crippen molar-refractivity contribution >= 4 is 15.7 Å². The first-order valence-electron chi connectivity index (χ1n) is 8.87. The SMILES string of the molecule is O=C(CS(=O)(=O)c1ccccc1)N1CCC[C@H]1COC1CCCCO1. The van der Waals surface area contributed by atoms with Crippen molar-refractivity contribution < 1.29 is 22.7 Å². The van der Waals surface area contributed by atoms with Crippen LogP contribution in [0.4, 0.5) is 0 Å². The molecule has 0 saturated carbocycles. The van der Waals surface area contributed by atoms with Gasteiger partial charge in [0, 0.05) is 13.2 Å². The molecule has 2 atom stereocenters. The summed E-state index contributed by atoms with van der Waals surface area (Å²) in [6, 6.07) is 8.05. The lowest BCUT2D eigenvalue weighted by Crippen LogP contribution is -2.42. The third-order valence-electron chi connectivity index (χ3n) is 4.73. The van der Waals surface area contributed by atoms with Crippen molar-refractivity contribution in [3.05, 3.63) is 30.3 Å². The van der Waals surface area contributed by atoms with Crippen LogP contribution >= 0.6 is 0 Å². The largest absolute Gasteiger partial charge is 0.353 e. The maximum absolute atomic E-state index is 12.6. The van der Waals surface area contributed by atoms with Crippen LogP contribution in [0.25, 0.3) is 0 Å². The average Bonchev–Trinajstić information content (AvgIpc) is 3.10. The fraction of sp³-hybridized carbons (Fsp3) is 0.611. The summed E-state index contributed by atoms with van der Waals surface area (Å²) in [5, 5.41) is 0. The van der Waals surface area contributed by atoms with Gasteiger partial charge in [-0.3, -0.25) is 4.79 Å². The average molecular weight is 367 g/mol. The number of amides is 1. The van der Waals surface area contributed by atoms with Crippen LogP contribution in [-0.2, 0) is 24.1 Å². The third kappa shape index (κ3) is 4.80. The van der Waals surface area contributed by atoms with Gasteiger partial charge < -0.3 is 14.4 Å². The topological polar surface area (TPSA) is 72.9 Å². The van der Waals surface area contributed by atoms with Crippen LogP contribution in [0.15, 0.2) is 35.2 Å². The molecular formula is C18H25NO5S. The van der Waals surface area contributed by atoms with E-state index in [1.807, 2.05) is 0 Å². The first-order chi connectivity index (χ1) is 12.1. The molecular weight excluding hydrogens is 342 g/mol. The molecule has 1 amide bonds. The Morgan fingerprint density at radius 2 is 1.96 bits per heavy atom. The Bertz CT molecular complexity index is 670. The standard InChI is InChI=1S/C18H25NO5S/c20-17(14-25(21,22)16-8-2-1-3-9-16)19-11-6-7-15(19)13-24-18-10-4-5-12-23-18/h1-3,8-9,15,18H,4-7,10-14H2/t15-,18?/m0/s1. The van der Waals surface area contributed by atoms with E-state index in [-0.39, 0.29) is 23.1 Å². The van der Waals surface area contributed by atoms with Gasteiger partial charge in [-0.1, -0.05) is 18.2 Å². The summed E-state index contributed by atoms with van der Waals surface area (Å²) in [5.74, 6) is -0.840. The van der Waals surface area contributed by atoms with Crippen molar-refractivity contribution in [2.75, 3.05) is 25.5 Å². The van der Waals surface area contributed by atoms with Crippen molar-refractivity contribution in [2.24, 2.45) is 0 Å². The Labute approximate surface area is 149 Å². The van der Waals surface area contributed by atoms with E-state index in [0.717, 1.165) is 32.1 Å². The van der Waals surface area contributed by atoms with Crippen molar-refractivity contribution in [1.29, 1.82) is 0 Å². The van der Waals surface area contributed by atoms with Crippen LogP contribution < -0.4 is 0 Å². The van der Waals surface area contributed by atoms with Gasteiger partial charge in [0.1, 0.15) is 5.75 Å². The van der Waals surface area contributed by atoms with Gasteiger partial charge in [-0.05, 0) is 44.2 Å². The van der Waals surface area contributed by atoms with Crippen LogP contribution in [-0.4, -0.2) is 57.1 Å². The predicted molar refractivity (Wildman–Crippen MR) is 92.8 cm³/mol. The second-order valence-electron chi connectivity index (χ2n) is 6.58. The van der Waals surface area contributed by atoms with Crippen LogP contribution in [0.2, 0.25) is 0 Å². The molecule has 2 fully saturated rings. The van der Waals surface area contributed by atoms with E-state index >= 15 is 0 Å². The minimum atomic E-state index is -3.61. The zero-order valence-electron chi connectivity index (χ0n) is 14.3. The van der Waals surface area contributed by atoms with Crippen molar-refractivity contribution in [2.45, 2.75) is 49.3 Å². The first kappa shape index (κ1) is 18.4. The molecule has 0 bridgehead atoms. The van der Waals surface area contributed by atoms with Gasteiger partial charge in [0.05, 0.1) is 17.5 Å². The number of benzene rings is 1. The fourth-order valence-corrected chi connectivity index (χ4v) is 4.58. The Kier molecular flexibility index (Phi) is 6.09. The molecule has 0 radical (unpaired) electrons. The summed E-state index contributed by atoms with van der Waals surface area (Å²) >= 11 is 0. The zero-order valence-corrected chi connectivity index (χ0v) is 15.1. The molecule has 2 saturated heterocycles. The van der Waals surface area contributed by atoms with Crippen molar-refractivity contribution in [3.8, 4) is 0 Å². The van der Waals surface area contributed by atoms with Crippen LogP contribution in [0.1, 0.15) is 32.1 Å². The van der Waals surface area contributed by atoms with E-state index in [0.29, 0.717) is 19.8 Å². The highest BCUT2D eigenvalue weighted by Gasteiger charge is 2.32. The van der Waals surface area contributed by atoms with Gasteiger partial charge >= 0.3 is 0 Å². The number of likely N-dealkylation sites (tertiary alicyclic amines) is 1. The second kappa shape index (κ2) is 8.29. The van der Waals surface area contributed by atoms with Gasteiger partial charge in [-0.15, -0.1) is 0 Å². The van der Waals surface area contributed by atoms with Gasteiger partial charge in [0.25, 0.3) is 0 Å². The summed E-state index contributed by atoms with van der Waals surface area (Å²) in [6.07, 6.45) is 4.54. The lowest BCUT2D eigenvalue weighted by Gasteiger charge is -2.28. The number of rotatable bonds is 6. The quantitative estimate of drug-likeness (QED) is 0.769. The monoisotopic (exact) mass is 367 g/mol. The number of nitrogens with zero attached hydrogens (tertiary/aromatic N) is 1. The van der Waals surface area contributed by atoms with Gasteiger partial charge in [0.15, 0.2) is 16.1 Å². The Balaban J connectivity index is 1.57. The second-order valence-corrected chi connectivity index (χ2v) is 8.57. The van der Waals surface area contributed by atoms with Crippen molar-refractivity contribution in [1.82, 2.24) is 4.90 Å². The summed E-state index contributed by atoms with van der Waals surface area (Å²) in [5.41, 5.74) is 0. The molecule has 6 nitrogen and oxygen atoms in total. The third-order valence-corrected chi connectivity index (χ3v) is 6.34. The number of carbonyl (C=O) groups is 1. The number of sulfone groups is 1. The first-order valence-corrected chi connectivity index (χ1v) is 10.5. The number of ether oxygens (including phenoxy) is 2. The number of carbonyl (C=O) groups excluding carboxylic acids is 1. The predicted octanol–water partition coefficient (Wildman–Crippen LogP) is 1.99. The molecule has 7 heteroatoms. The van der Waals surface area contributed by atoms with Crippen LogP contribution in [0, 0.1) is 0 Å².